The van der Waals surface area contributed by atoms with Crippen molar-refractivity contribution < 1.29 is 9.18 Å². The van der Waals surface area contributed by atoms with E-state index in [1.165, 1.54) is 6.07 Å². The van der Waals surface area contributed by atoms with Crippen molar-refractivity contribution in [3.05, 3.63) is 34.6 Å². The Morgan fingerprint density at radius 2 is 2.15 bits per heavy atom. The molecule has 0 radical (unpaired) electrons. The molecule has 0 atom stereocenters. The van der Waals surface area contributed by atoms with Gasteiger partial charge in [-0.2, -0.15) is 0 Å². The highest BCUT2D eigenvalue weighted by atomic mass is 19.1. The molecule has 4 heteroatoms. The molecule has 0 aliphatic rings. The summed E-state index contributed by atoms with van der Waals surface area (Å²) in [6, 6.07) is 2.76. The Hall–Kier alpha value is -1.42. The van der Waals surface area contributed by atoms with Crippen LogP contribution in [0.2, 0.25) is 0 Å². The van der Waals surface area contributed by atoms with E-state index in [9.17, 15) is 9.18 Å². The van der Waals surface area contributed by atoms with Gasteiger partial charge < -0.3 is 11.5 Å². The van der Waals surface area contributed by atoms with Gasteiger partial charge in [0.1, 0.15) is 5.82 Å². The molecule has 13 heavy (non-hydrogen) atoms. The smallest absolute Gasteiger partial charge is 0.251 e. The number of carbonyl (C=O) groups is 1. The van der Waals surface area contributed by atoms with E-state index in [2.05, 4.69) is 0 Å². The van der Waals surface area contributed by atoms with Gasteiger partial charge in [0.05, 0.1) is 5.56 Å². The Bertz CT molecular complexity index is 350. The van der Waals surface area contributed by atoms with Crippen molar-refractivity contribution in [2.24, 2.45) is 11.5 Å². The van der Waals surface area contributed by atoms with E-state index in [0.29, 0.717) is 5.56 Å². The van der Waals surface area contributed by atoms with Gasteiger partial charge in [0.2, 0.25) is 0 Å². The van der Waals surface area contributed by atoms with Gasteiger partial charge in [-0.1, -0.05) is 6.07 Å². The molecule has 0 bridgehead atoms. The average Bonchev–Trinajstić information content (AvgIpc) is 2.04. The lowest BCUT2D eigenvalue weighted by atomic mass is 10.0. The predicted octanol–water partition coefficient (Wildman–Crippen LogP) is 0.692. The minimum absolute atomic E-state index is 0.0667. The van der Waals surface area contributed by atoms with E-state index in [1.54, 1.807) is 13.0 Å². The molecule has 1 aromatic carbocycles. The molecule has 1 aromatic rings. The van der Waals surface area contributed by atoms with Gasteiger partial charge in [0, 0.05) is 6.54 Å². The lowest BCUT2D eigenvalue weighted by molar-refractivity contribution is 0.0995. The third-order valence-electron chi connectivity index (χ3n) is 1.99. The Labute approximate surface area is 75.5 Å². The molecule has 0 saturated heterocycles. The van der Waals surface area contributed by atoms with Crippen LogP contribution in [0.4, 0.5) is 4.39 Å². The Kier molecular flexibility index (Phi) is 2.63. The maximum Gasteiger partial charge on any atom is 0.251 e. The Balaban J connectivity index is 3.38. The monoisotopic (exact) mass is 182 g/mol. The number of benzene rings is 1. The first-order chi connectivity index (χ1) is 6.07. The van der Waals surface area contributed by atoms with Crippen molar-refractivity contribution in [1.29, 1.82) is 0 Å². The van der Waals surface area contributed by atoms with Crippen molar-refractivity contribution in [1.82, 2.24) is 0 Å². The lowest BCUT2D eigenvalue weighted by Crippen LogP contribution is -2.16. The second-order valence-corrected chi connectivity index (χ2v) is 2.77. The molecule has 0 aliphatic carbocycles. The highest BCUT2D eigenvalue weighted by Crippen LogP contribution is 2.16. The minimum atomic E-state index is -0.759. The minimum Gasteiger partial charge on any atom is -0.365 e. The van der Waals surface area contributed by atoms with Crippen LogP contribution in [-0.2, 0) is 6.54 Å². The van der Waals surface area contributed by atoms with Crippen molar-refractivity contribution in [2.45, 2.75) is 13.5 Å². The number of carbonyl (C=O) groups excluding carboxylic acids is 1. The molecule has 4 N–H and O–H groups in total. The van der Waals surface area contributed by atoms with Gasteiger partial charge in [0.15, 0.2) is 0 Å². The first-order valence-electron chi connectivity index (χ1n) is 3.85. The number of amides is 1. The van der Waals surface area contributed by atoms with E-state index in [0.717, 1.165) is 5.56 Å². The number of hydrogen-bond donors (Lipinski definition) is 2. The quantitative estimate of drug-likeness (QED) is 0.706. The van der Waals surface area contributed by atoms with Crippen LogP contribution >= 0.6 is 0 Å². The summed E-state index contributed by atoms with van der Waals surface area (Å²) in [4.78, 5) is 10.9. The van der Waals surface area contributed by atoms with Crippen molar-refractivity contribution in [3.8, 4) is 0 Å². The maximum absolute atomic E-state index is 13.1. The number of hydrogen-bond acceptors (Lipinski definition) is 2. The summed E-state index contributed by atoms with van der Waals surface area (Å²) in [6.45, 7) is 1.90. The molecule has 0 spiro atoms. The molecule has 0 aromatic heterocycles. The molecule has 0 aliphatic heterocycles. The standard InChI is InChI=1S/C9H11FN2O/c1-5-6(4-11)2-3-7(10)8(5)9(12)13/h2-3H,4,11H2,1H3,(H2,12,13). The Morgan fingerprint density at radius 3 is 2.62 bits per heavy atom. The van der Waals surface area contributed by atoms with Crippen LogP contribution < -0.4 is 11.5 Å². The summed E-state index contributed by atoms with van der Waals surface area (Å²) in [5, 5.41) is 0. The van der Waals surface area contributed by atoms with Crippen LogP contribution in [0.5, 0.6) is 0 Å². The molecule has 1 rings (SSSR count). The fourth-order valence-corrected chi connectivity index (χ4v) is 1.25. The van der Waals surface area contributed by atoms with E-state index in [-0.39, 0.29) is 12.1 Å². The van der Waals surface area contributed by atoms with Crippen LogP contribution in [0.3, 0.4) is 0 Å². The second-order valence-electron chi connectivity index (χ2n) is 2.77. The zero-order valence-corrected chi connectivity index (χ0v) is 7.30. The summed E-state index contributed by atoms with van der Waals surface area (Å²) in [5.74, 6) is -1.35. The summed E-state index contributed by atoms with van der Waals surface area (Å²) < 4.78 is 13.1. The third kappa shape index (κ3) is 1.67. The zero-order valence-electron chi connectivity index (χ0n) is 7.30. The first-order valence-corrected chi connectivity index (χ1v) is 3.85. The van der Waals surface area contributed by atoms with E-state index in [1.807, 2.05) is 0 Å². The van der Waals surface area contributed by atoms with E-state index >= 15 is 0 Å². The molecule has 0 saturated carbocycles. The zero-order chi connectivity index (χ0) is 10.0. The van der Waals surface area contributed by atoms with Crippen LogP contribution in [0.25, 0.3) is 0 Å². The summed E-state index contributed by atoms with van der Waals surface area (Å²) in [6.07, 6.45) is 0. The predicted molar refractivity (Wildman–Crippen MR) is 47.5 cm³/mol. The number of nitrogens with two attached hydrogens (primary N) is 2. The fourth-order valence-electron chi connectivity index (χ4n) is 1.25. The highest BCUT2D eigenvalue weighted by Gasteiger charge is 2.13. The second kappa shape index (κ2) is 3.53. The van der Waals surface area contributed by atoms with Crippen molar-refractivity contribution in [2.75, 3.05) is 0 Å². The van der Waals surface area contributed by atoms with Crippen molar-refractivity contribution in [3.63, 3.8) is 0 Å². The molecule has 70 valence electrons. The SMILES string of the molecule is Cc1c(CN)ccc(F)c1C(N)=O. The van der Waals surface area contributed by atoms with Gasteiger partial charge in [-0.15, -0.1) is 0 Å². The summed E-state index contributed by atoms with van der Waals surface area (Å²) in [7, 11) is 0. The molecule has 0 heterocycles. The van der Waals surface area contributed by atoms with Crippen molar-refractivity contribution >= 4 is 5.91 Å². The van der Waals surface area contributed by atoms with Crippen LogP contribution in [0.1, 0.15) is 21.5 Å². The summed E-state index contributed by atoms with van der Waals surface area (Å²) >= 11 is 0. The maximum atomic E-state index is 13.1. The van der Waals surface area contributed by atoms with E-state index < -0.39 is 11.7 Å². The van der Waals surface area contributed by atoms with Gasteiger partial charge in [-0.3, -0.25) is 4.79 Å². The van der Waals surface area contributed by atoms with Gasteiger partial charge in [-0.05, 0) is 24.1 Å². The van der Waals surface area contributed by atoms with Crippen LogP contribution in [0, 0.1) is 12.7 Å². The number of primary amides is 1. The van der Waals surface area contributed by atoms with Crippen LogP contribution in [0.15, 0.2) is 12.1 Å². The molecule has 0 unspecified atom stereocenters. The molecule has 1 amide bonds. The molecular weight excluding hydrogens is 171 g/mol. The molecule has 0 fully saturated rings. The normalized spacial score (nSPS) is 10.1. The first kappa shape index (κ1) is 9.67. The summed E-state index contributed by atoms with van der Waals surface area (Å²) in [5.41, 5.74) is 11.6. The molecule has 3 nitrogen and oxygen atoms in total. The van der Waals surface area contributed by atoms with Crippen LogP contribution in [-0.4, -0.2) is 5.91 Å². The van der Waals surface area contributed by atoms with Gasteiger partial charge >= 0.3 is 0 Å². The lowest BCUT2D eigenvalue weighted by Gasteiger charge is -2.07. The molecular formula is C9H11FN2O. The average molecular weight is 182 g/mol. The number of rotatable bonds is 2. The largest absolute Gasteiger partial charge is 0.365 e. The Morgan fingerprint density at radius 1 is 1.54 bits per heavy atom. The highest BCUT2D eigenvalue weighted by molar-refractivity contribution is 5.94. The van der Waals surface area contributed by atoms with Gasteiger partial charge in [-0.25, -0.2) is 4.39 Å². The van der Waals surface area contributed by atoms with Gasteiger partial charge in [0.25, 0.3) is 5.91 Å². The topological polar surface area (TPSA) is 69.1 Å². The number of halogens is 1. The fraction of sp³-hybridized carbons (Fsp3) is 0.222. The third-order valence-corrected chi connectivity index (χ3v) is 1.99. The van der Waals surface area contributed by atoms with E-state index in [4.69, 9.17) is 11.5 Å².